The molecule has 3 unspecified atom stereocenters. The molecule has 16 heavy (non-hydrogen) atoms. The molecular formula is C11H20N2O2S. The highest BCUT2D eigenvalue weighted by molar-refractivity contribution is 7.99. The Morgan fingerprint density at radius 1 is 1.62 bits per heavy atom. The zero-order chi connectivity index (χ0) is 11.5. The van der Waals surface area contributed by atoms with Crippen LogP contribution in [0.4, 0.5) is 0 Å². The van der Waals surface area contributed by atoms with Crippen molar-refractivity contribution in [2.24, 2.45) is 11.7 Å². The third-order valence-electron chi connectivity index (χ3n) is 3.27. The molecule has 2 fully saturated rings. The minimum Gasteiger partial charge on any atom is -0.373 e. The molecule has 1 amide bonds. The molecule has 2 aliphatic heterocycles. The molecule has 0 aromatic carbocycles. The Bertz CT molecular complexity index is 254. The summed E-state index contributed by atoms with van der Waals surface area (Å²) in [7, 11) is 0. The van der Waals surface area contributed by atoms with Crippen LogP contribution in [0.2, 0.25) is 0 Å². The molecule has 0 saturated carbocycles. The Balaban J connectivity index is 1.90. The summed E-state index contributed by atoms with van der Waals surface area (Å²) in [4.78, 5) is 14.1. The predicted octanol–water partition coefficient (Wildman–Crippen LogP) is 0.314. The molecule has 2 heterocycles. The smallest absolute Gasteiger partial charge is 0.226 e. The molecule has 5 heteroatoms. The lowest BCUT2D eigenvalue weighted by atomic mass is 10.1. The molecule has 2 rings (SSSR count). The zero-order valence-electron chi connectivity index (χ0n) is 9.72. The van der Waals surface area contributed by atoms with Crippen molar-refractivity contribution in [3.8, 4) is 0 Å². The summed E-state index contributed by atoms with van der Waals surface area (Å²) in [5, 5.41) is 0. The normalized spacial score (nSPS) is 32.8. The van der Waals surface area contributed by atoms with Gasteiger partial charge >= 0.3 is 0 Å². The first-order chi connectivity index (χ1) is 7.68. The van der Waals surface area contributed by atoms with Gasteiger partial charge in [0, 0.05) is 30.8 Å². The summed E-state index contributed by atoms with van der Waals surface area (Å²) >= 11 is 1.88. The van der Waals surface area contributed by atoms with Crippen LogP contribution >= 0.6 is 11.8 Å². The highest BCUT2D eigenvalue weighted by Gasteiger charge is 2.32. The van der Waals surface area contributed by atoms with Crippen LogP contribution in [0.25, 0.3) is 0 Å². The van der Waals surface area contributed by atoms with Crippen molar-refractivity contribution in [3.63, 3.8) is 0 Å². The summed E-state index contributed by atoms with van der Waals surface area (Å²) in [6.07, 6.45) is 1.04. The maximum Gasteiger partial charge on any atom is 0.226 e. The quantitative estimate of drug-likeness (QED) is 0.760. The fourth-order valence-electron chi connectivity index (χ4n) is 2.18. The molecule has 2 N–H and O–H groups in total. The van der Waals surface area contributed by atoms with E-state index in [4.69, 9.17) is 10.5 Å². The fraction of sp³-hybridized carbons (Fsp3) is 0.909. The average Bonchev–Trinajstić information content (AvgIpc) is 2.81. The monoisotopic (exact) mass is 244 g/mol. The van der Waals surface area contributed by atoms with Crippen molar-refractivity contribution in [2.45, 2.75) is 25.5 Å². The van der Waals surface area contributed by atoms with Crippen LogP contribution in [0.1, 0.15) is 13.3 Å². The van der Waals surface area contributed by atoms with E-state index in [1.54, 1.807) is 0 Å². The summed E-state index contributed by atoms with van der Waals surface area (Å²) in [5.41, 5.74) is 5.82. The molecule has 2 saturated heterocycles. The number of thioether (sulfide) groups is 1. The first kappa shape index (κ1) is 12.2. The van der Waals surface area contributed by atoms with Crippen molar-refractivity contribution in [3.05, 3.63) is 0 Å². The van der Waals surface area contributed by atoms with Crippen LogP contribution in [0, 0.1) is 5.92 Å². The number of carbonyl (C=O) groups is 1. The van der Waals surface area contributed by atoms with Crippen LogP contribution in [0.15, 0.2) is 0 Å². The van der Waals surface area contributed by atoms with E-state index in [-0.39, 0.29) is 18.1 Å². The Morgan fingerprint density at radius 2 is 2.44 bits per heavy atom. The molecular weight excluding hydrogens is 224 g/mol. The van der Waals surface area contributed by atoms with Crippen LogP contribution in [-0.4, -0.2) is 54.2 Å². The molecule has 4 nitrogen and oxygen atoms in total. The number of morpholine rings is 1. The average molecular weight is 244 g/mol. The predicted molar refractivity (Wildman–Crippen MR) is 65.4 cm³/mol. The Hall–Kier alpha value is -0.260. The lowest BCUT2D eigenvalue weighted by molar-refractivity contribution is -0.142. The first-order valence-electron chi connectivity index (χ1n) is 5.92. The van der Waals surface area contributed by atoms with Gasteiger partial charge in [-0.3, -0.25) is 4.79 Å². The van der Waals surface area contributed by atoms with Gasteiger partial charge in [-0.2, -0.15) is 11.8 Å². The van der Waals surface area contributed by atoms with Gasteiger partial charge in [-0.1, -0.05) is 0 Å². The van der Waals surface area contributed by atoms with E-state index >= 15 is 0 Å². The summed E-state index contributed by atoms with van der Waals surface area (Å²) in [6.45, 7) is 3.95. The third-order valence-corrected chi connectivity index (χ3v) is 4.43. The van der Waals surface area contributed by atoms with Gasteiger partial charge in [0.15, 0.2) is 0 Å². The number of rotatable bonds is 2. The van der Waals surface area contributed by atoms with Gasteiger partial charge in [0.1, 0.15) is 0 Å². The van der Waals surface area contributed by atoms with Gasteiger partial charge in [-0.15, -0.1) is 0 Å². The zero-order valence-corrected chi connectivity index (χ0v) is 10.5. The lowest BCUT2D eigenvalue weighted by Gasteiger charge is -2.35. The molecule has 3 atom stereocenters. The van der Waals surface area contributed by atoms with Crippen molar-refractivity contribution in [1.82, 2.24) is 4.90 Å². The van der Waals surface area contributed by atoms with E-state index in [9.17, 15) is 4.79 Å². The summed E-state index contributed by atoms with van der Waals surface area (Å²) in [6, 6.07) is -0.00597. The minimum atomic E-state index is -0.00597. The van der Waals surface area contributed by atoms with E-state index in [1.807, 2.05) is 23.6 Å². The van der Waals surface area contributed by atoms with Gasteiger partial charge in [0.25, 0.3) is 0 Å². The highest BCUT2D eigenvalue weighted by atomic mass is 32.2. The molecule has 0 radical (unpaired) electrons. The topological polar surface area (TPSA) is 55.6 Å². The molecule has 0 spiro atoms. The van der Waals surface area contributed by atoms with E-state index in [0.717, 1.165) is 24.5 Å². The maximum atomic E-state index is 12.2. The minimum absolute atomic E-state index is 0.00597. The van der Waals surface area contributed by atoms with Crippen molar-refractivity contribution in [2.75, 3.05) is 31.2 Å². The fourth-order valence-corrected chi connectivity index (χ4v) is 3.39. The summed E-state index contributed by atoms with van der Waals surface area (Å²) < 4.78 is 5.56. The molecule has 0 aromatic heterocycles. The molecule has 0 aromatic rings. The lowest BCUT2D eigenvalue weighted by Crippen LogP contribution is -2.52. The second kappa shape index (κ2) is 5.38. The van der Waals surface area contributed by atoms with Gasteiger partial charge in [0.05, 0.1) is 12.7 Å². The number of hydrogen-bond acceptors (Lipinski definition) is 4. The Morgan fingerprint density at radius 3 is 3.06 bits per heavy atom. The molecule has 92 valence electrons. The molecule has 0 aliphatic carbocycles. The second-order valence-electron chi connectivity index (χ2n) is 4.61. The summed E-state index contributed by atoms with van der Waals surface area (Å²) in [5.74, 6) is 2.65. The van der Waals surface area contributed by atoms with Crippen molar-refractivity contribution < 1.29 is 9.53 Å². The van der Waals surface area contributed by atoms with Crippen LogP contribution in [0.3, 0.4) is 0 Å². The van der Waals surface area contributed by atoms with Crippen molar-refractivity contribution in [1.29, 1.82) is 0 Å². The van der Waals surface area contributed by atoms with Crippen LogP contribution in [0.5, 0.6) is 0 Å². The largest absolute Gasteiger partial charge is 0.373 e. The van der Waals surface area contributed by atoms with Gasteiger partial charge in [-0.05, 0) is 19.1 Å². The third kappa shape index (κ3) is 2.70. The standard InChI is InChI=1S/C11H20N2O2S/c1-8(12)10-6-13(3-4-15-10)11(14)9-2-5-16-7-9/h8-10H,2-7,12H2,1H3. The van der Waals surface area contributed by atoms with E-state index in [2.05, 4.69) is 0 Å². The first-order valence-corrected chi connectivity index (χ1v) is 7.07. The van der Waals surface area contributed by atoms with Gasteiger partial charge < -0.3 is 15.4 Å². The number of amides is 1. The van der Waals surface area contributed by atoms with E-state index in [0.29, 0.717) is 19.1 Å². The number of ether oxygens (including phenoxy) is 1. The number of hydrogen-bond donors (Lipinski definition) is 1. The maximum absolute atomic E-state index is 12.2. The van der Waals surface area contributed by atoms with Gasteiger partial charge in [-0.25, -0.2) is 0 Å². The van der Waals surface area contributed by atoms with Crippen LogP contribution in [-0.2, 0) is 9.53 Å². The van der Waals surface area contributed by atoms with E-state index < -0.39 is 0 Å². The molecule has 2 aliphatic rings. The van der Waals surface area contributed by atoms with E-state index in [1.165, 1.54) is 0 Å². The number of nitrogens with two attached hydrogens (primary N) is 1. The number of carbonyl (C=O) groups excluding carboxylic acids is 1. The highest BCUT2D eigenvalue weighted by Crippen LogP contribution is 2.25. The van der Waals surface area contributed by atoms with Crippen molar-refractivity contribution >= 4 is 17.7 Å². The van der Waals surface area contributed by atoms with Gasteiger partial charge in [0.2, 0.25) is 5.91 Å². The number of nitrogens with zero attached hydrogens (tertiary/aromatic N) is 1. The SMILES string of the molecule is CC(N)C1CN(C(=O)C2CCSC2)CCO1. The molecule has 0 bridgehead atoms. The Labute approximate surface area is 101 Å². The second-order valence-corrected chi connectivity index (χ2v) is 5.76. The van der Waals surface area contributed by atoms with Crippen LogP contribution < -0.4 is 5.73 Å². The Kier molecular flexibility index (Phi) is 4.10.